The molecule has 0 bridgehead atoms. The summed E-state index contributed by atoms with van der Waals surface area (Å²) >= 11 is 0. The summed E-state index contributed by atoms with van der Waals surface area (Å²) < 4.78 is 0. The van der Waals surface area contributed by atoms with Gasteiger partial charge in [-0.3, -0.25) is 15.3 Å². The van der Waals surface area contributed by atoms with Crippen LogP contribution < -0.4 is 11.1 Å². The summed E-state index contributed by atoms with van der Waals surface area (Å²) in [4.78, 5) is 17.3. The second kappa shape index (κ2) is 7.35. The van der Waals surface area contributed by atoms with Gasteiger partial charge in [-0.1, -0.05) is 6.07 Å². The van der Waals surface area contributed by atoms with Gasteiger partial charge >= 0.3 is 6.03 Å². The van der Waals surface area contributed by atoms with Crippen LogP contribution in [0.5, 0.6) is 0 Å². The largest absolute Gasteiger partial charge is 0.370 e. The summed E-state index contributed by atoms with van der Waals surface area (Å²) in [7, 11) is 0. The Morgan fingerprint density at radius 3 is 2.79 bits per heavy atom. The second-order valence-electron chi connectivity index (χ2n) is 4.57. The zero-order valence-electron chi connectivity index (χ0n) is 11.4. The molecule has 0 aromatic carbocycles. The number of nitrogens with two attached hydrogens (primary N) is 1. The number of hydrogen-bond acceptors (Lipinski definition) is 3. The van der Waals surface area contributed by atoms with Gasteiger partial charge < -0.3 is 11.1 Å². The average Bonchev–Trinajstić information content (AvgIpc) is 2.34. The van der Waals surface area contributed by atoms with E-state index >= 15 is 0 Å². The molecule has 1 aromatic heterocycles. The molecule has 0 fully saturated rings. The first-order chi connectivity index (χ1) is 9.00. The van der Waals surface area contributed by atoms with Crippen LogP contribution in [0, 0.1) is 5.41 Å². The van der Waals surface area contributed by atoms with Crippen molar-refractivity contribution in [2.75, 3.05) is 6.54 Å². The summed E-state index contributed by atoms with van der Waals surface area (Å²) in [6.45, 7) is 4.14. The van der Waals surface area contributed by atoms with Crippen molar-refractivity contribution in [3.8, 4) is 0 Å². The predicted molar refractivity (Wildman–Crippen MR) is 74.8 cm³/mol. The third-order valence-corrected chi connectivity index (χ3v) is 2.49. The third kappa shape index (κ3) is 5.37. The number of urea groups is 1. The fourth-order valence-electron chi connectivity index (χ4n) is 1.62. The van der Waals surface area contributed by atoms with Crippen LogP contribution in [0.2, 0.25) is 0 Å². The number of amides is 2. The van der Waals surface area contributed by atoms with Crippen molar-refractivity contribution in [3.63, 3.8) is 0 Å². The van der Waals surface area contributed by atoms with Crippen molar-refractivity contribution in [2.45, 2.75) is 32.7 Å². The molecule has 19 heavy (non-hydrogen) atoms. The van der Waals surface area contributed by atoms with Gasteiger partial charge in [0.1, 0.15) is 0 Å². The number of aromatic nitrogens is 1. The lowest BCUT2D eigenvalue weighted by molar-refractivity contribution is 0.217. The van der Waals surface area contributed by atoms with Gasteiger partial charge in [-0.15, -0.1) is 0 Å². The van der Waals surface area contributed by atoms with E-state index in [-0.39, 0.29) is 18.0 Å². The molecule has 0 aliphatic rings. The van der Waals surface area contributed by atoms with Crippen LogP contribution in [0.25, 0.3) is 0 Å². The van der Waals surface area contributed by atoms with Crippen LogP contribution in [-0.2, 0) is 6.42 Å². The Labute approximate surface area is 113 Å². The van der Waals surface area contributed by atoms with E-state index in [1.165, 1.54) is 4.90 Å². The van der Waals surface area contributed by atoms with Crippen LogP contribution in [0.3, 0.4) is 0 Å². The molecular formula is C13H21N5O. The number of nitrogens with zero attached hydrogens (tertiary/aromatic N) is 2. The zero-order valence-corrected chi connectivity index (χ0v) is 11.4. The van der Waals surface area contributed by atoms with Crippen LogP contribution in [0.15, 0.2) is 24.4 Å². The minimum Gasteiger partial charge on any atom is -0.370 e. The monoisotopic (exact) mass is 263 g/mol. The highest BCUT2D eigenvalue weighted by Gasteiger charge is 2.16. The topological polar surface area (TPSA) is 95.1 Å². The molecule has 6 heteroatoms. The lowest BCUT2D eigenvalue weighted by Crippen LogP contribution is -2.49. The number of nitrogens with one attached hydrogen (secondary N) is 2. The molecule has 4 N–H and O–H groups in total. The maximum atomic E-state index is 11.8. The number of aryl methyl sites for hydroxylation is 1. The molecule has 2 amide bonds. The fourth-order valence-corrected chi connectivity index (χ4v) is 1.62. The Kier molecular flexibility index (Phi) is 5.78. The zero-order chi connectivity index (χ0) is 14.3. The van der Waals surface area contributed by atoms with Gasteiger partial charge in [-0.25, -0.2) is 4.79 Å². The Morgan fingerprint density at radius 1 is 1.53 bits per heavy atom. The van der Waals surface area contributed by atoms with E-state index < -0.39 is 0 Å². The number of guanidine groups is 1. The van der Waals surface area contributed by atoms with Gasteiger partial charge in [0, 0.05) is 24.5 Å². The molecule has 0 aliphatic heterocycles. The third-order valence-electron chi connectivity index (χ3n) is 2.49. The number of rotatable bonds is 5. The second-order valence-corrected chi connectivity index (χ2v) is 4.57. The molecule has 0 aliphatic carbocycles. The van der Waals surface area contributed by atoms with E-state index in [2.05, 4.69) is 10.3 Å². The molecule has 0 atom stereocenters. The van der Waals surface area contributed by atoms with Crippen molar-refractivity contribution < 1.29 is 4.79 Å². The lowest BCUT2D eigenvalue weighted by Gasteiger charge is -2.22. The Hall–Kier alpha value is -2.11. The molecule has 0 unspecified atom stereocenters. The van der Waals surface area contributed by atoms with Crippen LogP contribution >= 0.6 is 0 Å². The normalized spacial score (nSPS) is 10.3. The first-order valence-corrected chi connectivity index (χ1v) is 6.32. The average molecular weight is 263 g/mol. The van der Waals surface area contributed by atoms with Crippen molar-refractivity contribution in [1.29, 1.82) is 5.41 Å². The highest BCUT2D eigenvalue weighted by atomic mass is 16.2. The van der Waals surface area contributed by atoms with Crippen LogP contribution in [-0.4, -0.2) is 34.5 Å². The summed E-state index contributed by atoms with van der Waals surface area (Å²) in [6, 6.07) is 5.42. The minimum atomic E-state index is -0.330. The molecule has 0 radical (unpaired) electrons. The van der Waals surface area contributed by atoms with E-state index in [1.54, 1.807) is 6.20 Å². The summed E-state index contributed by atoms with van der Waals surface area (Å²) in [5.74, 6) is -0.237. The standard InChI is InChI=1S/C13H21N5O/c1-10(2)17-13(19)18(12(14)15)9-5-7-11-6-3-4-8-16-11/h3-4,6,8,10H,5,7,9H2,1-2H3,(H3,14,15)(H,17,19). The first-order valence-electron chi connectivity index (χ1n) is 6.32. The predicted octanol–water partition coefficient (Wildman–Crippen LogP) is 1.33. The van der Waals surface area contributed by atoms with E-state index in [0.29, 0.717) is 13.0 Å². The van der Waals surface area contributed by atoms with Crippen molar-refractivity contribution in [3.05, 3.63) is 30.1 Å². The van der Waals surface area contributed by atoms with E-state index in [1.807, 2.05) is 32.0 Å². The van der Waals surface area contributed by atoms with E-state index in [0.717, 1.165) is 12.1 Å². The summed E-state index contributed by atoms with van der Waals surface area (Å²) in [6.07, 6.45) is 3.20. The molecule has 1 rings (SSSR count). The molecule has 1 aromatic rings. The molecule has 104 valence electrons. The number of carbonyl (C=O) groups is 1. The van der Waals surface area contributed by atoms with Crippen LogP contribution in [0.1, 0.15) is 26.0 Å². The highest BCUT2D eigenvalue weighted by molar-refractivity contribution is 5.93. The molecule has 0 spiro atoms. The van der Waals surface area contributed by atoms with Crippen LogP contribution in [0.4, 0.5) is 4.79 Å². The number of carbonyl (C=O) groups excluding carboxylic acids is 1. The summed E-state index contributed by atoms with van der Waals surface area (Å²) in [5.41, 5.74) is 6.39. The molecule has 6 nitrogen and oxygen atoms in total. The molecular weight excluding hydrogens is 242 g/mol. The maximum absolute atomic E-state index is 11.8. The minimum absolute atomic E-state index is 0.0186. The van der Waals surface area contributed by atoms with E-state index in [9.17, 15) is 4.79 Å². The van der Waals surface area contributed by atoms with Crippen molar-refractivity contribution >= 4 is 12.0 Å². The van der Waals surface area contributed by atoms with E-state index in [4.69, 9.17) is 11.1 Å². The molecule has 0 saturated heterocycles. The maximum Gasteiger partial charge on any atom is 0.324 e. The Balaban J connectivity index is 2.46. The Morgan fingerprint density at radius 2 is 2.26 bits per heavy atom. The van der Waals surface area contributed by atoms with Gasteiger partial charge in [-0.05, 0) is 38.8 Å². The highest BCUT2D eigenvalue weighted by Crippen LogP contribution is 2.01. The summed E-state index contributed by atoms with van der Waals surface area (Å²) in [5, 5.41) is 10.2. The van der Waals surface area contributed by atoms with Gasteiger partial charge in [0.2, 0.25) is 0 Å². The van der Waals surface area contributed by atoms with Crippen molar-refractivity contribution in [1.82, 2.24) is 15.2 Å². The number of hydrogen-bond donors (Lipinski definition) is 3. The first kappa shape index (κ1) is 14.9. The quantitative estimate of drug-likeness (QED) is 0.552. The smallest absolute Gasteiger partial charge is 0.324 e. The molecule has 0 saturated carbocycles. The van der Waals surface area contributed by atoms with Gasteiger partial charge in [-0.2, -0.15) is 0 Å². The number of pyridine rings is 1. The Bertz CT molecular complexity index is 418. The van der Waals surface area contributed by atoms with Gasteiger partial charge in [0.15, 0.2) is 5.96 Å². The SMILES string of the molecule is CC(C)NC(=O)N(CCCc1ccccn1)C(=N)N. The van der Waals surface area contributed by atoms with Gasteiger partial charge in [0.05, 0.1) is 0 Å². The lowest BCUT2D eigenvalue weighted by atomic mass is 10.2. The fraction of sp³-hybridized carbons (Fsp3) is 0.462. The van der Waals surface area contributed by atoms with Gasteiger partial charge in [0.25, 0.3) is 0 Å². The molecule has 1 heterocycles. The van der Waals surface area contributed by atoms with Crippen molar-refractivity contribution in [2.24, 2.45) is 5.73 Å².